The Balaban J connectivity index is 1.98. The molecule has 0 heterocycles. The second-order valence-corrected chi connectivity index (χ2v) is 6.06. The molecule has 0 aromatic heterocycles. The van der Waals surface area contributed by atoms with E-state index in [1.807, 2.05) is 43.3 Å². The first-order chi connectivity index (χ1) is 11.0. The number of halogens is 1. The van der Waals surface area contributed by atoms with Crippen molar-refractivity contribution >= 4 is 23.2 Å². The van der Waals surface area contributed by atoms with E-state index in [2.05, 4.69) is 19.2 Å². The number of hydrogen-bond acceptors (Lipinski definition) is 2. The van der Waals surface area contributed by atoms with Crippen molar-refractivity contribution in [2.75, 3.05) is 11.9 Å². The smallest absolute Gasteiger partial charge is 0.262 e. The van der Waals surface area contributed by atoms with E-state index >= 15 is 0 Å². The Labute approximate surface area is 142 Å². The summed E-state index contributed by atoms with van der Waals surface area (Å²) in [6.07, 6.45) is 1.02. The lowest BCUT2D eigenvalue weighted by atomic mass is 9.98. The van der Waals surface area contributed by atoms with Gasteiger partial charge in [-0.2, -0.15) is 0 Å². The number of hydrogen-bond donors (Lipinski definition) is 1. The third-order valence-corrected chi connectivity index (χ3v) is 4.28. The SMILES string of the molecule is CC[C@H](C)c1ccccc1OCC(=O)Nc1ccc(C)c(Cl)c1. The van der Waals surface area contributed by atoms with Crippen molar-refractivity contribution in [2.45, 2.75) is 33.1 Å². The summed E-state index contributed by atoms with van der Waals surface area (Å²) >= 11 is 6.06. The molecule has 23 heavy (non-hydrogen) atoms. The summed E-state index contributed by atoms with van der Waals surface area (Å²) in [7, 11) is 0. The quantitative estimate of drug-likeness (QED) is 0.792. The second-order valence-electron chi connectivity index (χ2n) is 5.65. The average Bonchev–Trinajstić information content (AvgIpc) is 2.56. The highest BCUT2D eigenvalue weighted by atomic mass is 35.5. The van der Waals surface area contributed by atoms with Crippen LogP contribution in [0.1, 0.15) is 37.3 Å². The highest BCUT2D eigenvalue weighted by Crippen LogP contribution is 2.28. The van der Waals surface area contributed by atoms with Gasteiger partial charge in [0.15, 0.2) is 6.61 Å². The topological polar surface area (TPSA) is 38.3 Å². The van der Waals surface area contributed by atoms with Crippen molar-refractivity contribution < 1.29 is 9.53 Å². The summed E-state index contributed by atoms with van der Waals surface area (Å²) in [6, 6.07) is 13.3. The minimum absolute atomic E-state index is 0.0288. The standard InChI is InChI=1S/C19H22ClNO2/c1-4-13(2)16-7-5-6-8-18(16)23-12-19(22)21-15-10-9-14(3)17(20)11-15/h5-11,13H,4,12H2,1-3H3,(H,21,22)/t13-/m0/s1. The van der Waals surface area contributed by atoms with Gasteiger partial charge in [-0.25, -0.2) is 0 Å². The van der Waals surface area contributed by atoms with Crippen LogP contribution in [0.5, 0.6) is 5.75 Å². The Kier molecular flexibility index (Phi) is 6.05. The molecule has 2 rings (SSSR count). The highest BCUT2D eigenvalue weighted by Gasteiger charge is 2.11. The fraction of sp³-hybridized carbons (Fsp3) is 0.316. The van der Waals surface area contributed by atoms with Gasteiger partial charge in [0.05, 0.1) is 0 Å². The maximum Gasteiger partial charge on any atom is 0.262 e. The van der Waals surface area contributed by atoms with Gasteiger partial charge < -0.3 is 10.1 Å². The molecule has 0 bridgehead atoms. The van der Waals surface area contributed by atoms with E-state index in [0.717, 1.165) is 23.3 Å². The molecular formula is C19H22ClNO2. The number of anilines is 1. The Morgan fingerprint density at radius 1 is 1.26 bits per heavy atom. The van der Waals surface area contributed by atoms with Gasteiger partial charge in [-0.1, -0.05) is 49.7 Å². The fourth-order valence-electron chi connectivity index (χ4n) is 2.25. The van der Waals surface area contributed by atoms with Gasteiger partial charge in [-0.05, 0) is 48.6 Å². The van der Waals surface area contributed by atoms with Crippen LogP contribution in [0.4, 0.5) is 5.69 Å². The van der Waals surface area contributed by atoms with E-state index in [4.69, 9.17) is 16.3 Å². The first kappa shape index (κ1) is 17.4. The lowest BCUT2D eigenvalue weighted by Gasteiger charge is -2.15. The van der Waals surface area contributed by atoms with Gasteiger partial charge in [0.2, 0.25) is 0 Å². The van der Waals surface area contributed by atoms with Gasteiger partial charge in [-0.3, -0.25) is 4.79 Å². The van der Waals surface area contributed by atoms with E-state index in [-0.39, 0.29) is 12.5 Å². The first-order valence-electron chi connectivity index (χ1n) is 7.79. The Morgan fingerprint density at radius 2 is 2.00 bits per heavy atom. The number of nitrogens with one attached hydrogen (secondary N) is 1. The summed E-state index contributed by atoms with van der Waals surface area (Å²) in [5, 5.41) is 3.42. The minimum atomic E-state index is -0.205. The molecule has 122 valence electrons. The molecule has 0 radical (unpaired) electrons. The molecule has 4 heteroatoms. The van der Waals surface area contributed by atoms with E-state index in [1.165, 1.54) is 0 Å². The maximum atomic E-state index is 12.1. The zero-order valence-electron chi connectivity index (χ0n) is 13.7. The van der Waals surface area contributed by atoms with Crippen molar-refractivity contribution in [3.8, 4) is 5.75 Å². The summed E-state index contributed by atoms with van der Waals surface area (Å²) < 4.78 is 5.70. The zero-order chi connectivity index (χ0) is 16.8. The van der Waals surface area contributed by atoms with Gasteiger partial charge in [0, 0.05) is 10.7 Å². The number of ether oxygens (including phenoxy) is 1. The molecule has 1 atom stereocenters. The molecule has 1 amide bonds. The number of para-hydroxylation sites is 1. The average molecular weight is 332 g/mol. The van der Waals surface area contributed by atoms with E-state index in [9.17, 15) is 4.79 Å². The van der Waals surface area contributed by atoms with Crippen LogP contribution < -0.4 is 10.1 Å². The fourth-order valence-corrected chi connectivity index (χ4v) is 2.43. The number of carbonyl (C=O) groups excluding carboxylic acids is 1. The number of aryl methyl sites for hydroxylation is 1. The van der Waals surface area contributed by atoms with E-state index in [0.29, 0.717) is 16.6 Å². The summed E-state index contributed by atoms with van der Waals surface area (Å²) in [6.45, 7) is 6.17. The largest absolute Gasteiger partial charge is 0.483 e. The van der Waals surface area contributed by atoms with Crippen molar-refractivity contribution in [1.82, 2.24) is 0 Å². The van der Waals surface area contributed by atoms with Crippen LogP contribution >= 0.6 is 11.6 Å². The third-order valence-electron chi connectivity index (χ3n) is 3.88. The molecular weight excluding hydrogens is 310 g/mol. The Hall–Kier alpha value is -2.00. The van der Waals surface area contributed by atoms with Crippen LogP contribution in [0.15, 0.2) is 42.5 Å². The van der Waals surface area contributed by atoms with Crippen molar-refractivity contribution in [3.63, 3.8) is 0 Å². The lowest BCUT2D eigenvalue weighted by molar-refractivity contribution is -0.118. The molecule has 0 aliphatic rings. The normalized spacial score (nSPS) is 11.8. The third kappa shape index (κ3) is 4.73. The molecule has 0 fully saturated rings. The van der Waals surface area contributed by atoms with E-state index < -0.39 is 0 Å². The van der Waals surface area contributed by atoms with Gasteiger partial charge in [0.1, 0.15) is 5.75 Å². The molecule has 0 saturated heterocycles. The summed E-state index contributed by atoms with van der Waals surface area (Å²) in [4.78, 5) is 12.1. The van der Waals surface area contributed by atoms with Crippen LogP contribution in [0.2, 0.25) is 5.02 Å². The van der Waals surface area contributed by atoms with Crippen LogP contribution in [0, 0.1) is 6.92 Å². The van der Waals surface area contributed by atoms with Gasteiger partial charge >= 0.3 is 0 Å². The van der Waals surface area contributed by atoms with E-state index in [1.54, 1.807) is 6.07 Å². The van der Waals surface area contributed by atoms with Crippen molar-refractivity contribution in [2.24, 2.45) is 0 Å². The minimum Gasteiger partial charge on any atom is -0.483 e. The molecule has 0 unspecified atom stereocenters. The van der Waals surface area contributed by atoms with Crippen LogP contribution in [0.3, 0.4) is 0 Å². The van der Waals surface area contributed by atoms with Gasteiger partial charge in [-0.15, -0.1) is 0 Å². The van der Waals surface area contributed by atoms with Crippen LogP contribution in [-0.4, -0.2) is 12.5 Å². The zero-order valence-corrected chi connectivity index (χ0v) is 14.5. The Bertz CT molecular complexity index is 685. The van der Waals surface area contributed by atoms with Gasteiger partial charge in [0.25, 0.3) is 5.91 Å². The Morgan fingerprint density at radius 3 is 2.70 bits per heavy atom. The number of carbonyl (C=O) groups is 1. The highest BCUT2D eigenvalue weighted by molar-refractivity contribution is 6.31. The molecule has 0 aliphatic heterocycles. The van der Waals surface area contributed by atoms with Crippen molar-refractivity contribution in [1.29, 1.82) is 0 Å². The first-order valence-corrected chi connectivity index (χ1v) is 8.16. The van der Waals surface area contributed by atoms with Crippen molar-refractivity contribution in [3.05, 3.63) is 58.6 Å². The molecule has 0 spiro atoms. The molecule has 0 aliphatic carbocycles. The molecule has 2 aromatic rings. The summed E-state index contributed by atoms with van der Waals surface area (Å²) in [5.41, 5.74) is 2.77. The van der Waals surface area contributed by atoms with Crippen LogP contribution in [-0.2, 0) is 4.79 Å². The monoisotopic (exact) mass is 331 g/mol. The van der Waals surface area contributed by atoms with Crippen LogP contribution in [0.25, 0.3) is 0 Å². The number of benzene rings is 2. The predicted octanol–water partition coefficient (Wildman–Crippen LogP) is 5.18. The molecule has 1 N–H and O–H groups in total. The second kappa shape index (κ2) is 8.02. The lowest BCUT2D eigenvalue weighted by Crippen LogP contribution is -2.20. The molecule has 3 nitrogen and oxygen atoms in total. The maximum absolute atomic E-state index is 12.1. The predicted molar refractivity (Wildman–Crippen MR) is 95.5 cm³/mol. The molecule has 0 saturated carbocycles. The summed E-state index contributed by atoms with van der Waals surface area (Å²) in [5.74, 6) is 0.952. The number of amides is 1. The number of rotatable bonds is 6. The molecule has 2 aromatic carbocycles.